The average molecular weight is 373 g/mol. The van der Waals surface area contributed by atoms with Gasteiger partial charge < -0.3 is 15.0 Å². The standard InChI is InChI=1S/C15H21BrN2O2S/c1-10-11(16)12(20-2)13(21-10)14(19)18-7-4-15(5-8-18)3-6-17-9-15/h17H,3-9H2,1-2H3. The SMILES string of the molecule is COc1c(C(=O)N2CCC3(CCNC3)CC2)sc(C)c1Br. The van der Waals surface area contributed by atoms with Crippen LogP contribution in [0.4, 0.5) is 0 Å². The third-order valence-corrected chi connectivity index (χ3v) is 7.10. The Labute approximate surface area is 138 Å². The van der Waals surface area contributed by atoms with Gasteiger partial charge in [-0.3, -0.25) is 4.79 Å². The molecule has 0 atom stereocenters. The van der Waals surface area contributed by atoms with Gasteiger partial charge >= 0.3 is 0 Å². The third-order valence-electron chi connectivity index (χ3n) is 4.81. The summed E-state index contributed by atoms with van der Waals surface area (Å²) in [6, 6.07) is 0. The number of likely N-dealkylation sites (tertiary alicyclic amines) is 1. The van der Waals surface area contributed by atoms with Crippen LogP contribution >= 0.6 is 27.3 Å². The van der Waals surface area contributed by atoms with Crippen molar-refractivity contribution in [2.75, 3.05) is 33.3 Å². The molecule has 2 aliphatic heterocycles. The van der Waals surface area contributed by atoms with Crippen LogP contribution in [0.15, 0.2) is 4.47 Å². The molecule has 2 saturated heterocycles. The number of piperidine rings is 1. The Kier molecular flexibility index (Phi) is 4.30. The van der Waals surface area contributed by atoms with E-state index in [-0.39, 0.29) is 5.91 Å². The van der Waals surface area contributed by atoms with Crippen molar-refractivity contribution in [1.29, 1.82) is 0 Å². The summed E-state index contributed by atoms with van der Waals surface area (Å²) in [6.45, 7) is 5.96. The van der Waals surface area contributed by atoms with E-state index in [9.17, 15) is 4.79 Å². The molecule has 1 N–H and O–H groups in total. The number of nitrogens with one attached hydrogen (secondary N) is 1. The number of nitrogens with zero attached hydrogens (tertiary/aromatic N) is 1. The van der Waals surface area contributed by atoms with Crippen molar-refractivity contribution in [1.82, 2.24) is 10.2 Å². The summed E-state index contributed by atoms with van der Waals surface area (Å²) in [6.07, 6.45) is 3.47. The maximum atomic E-state index is 12.8. The molecular weight excluding hydrogens is 352 g/mol. The lowest BCUT2D eigenvalue weighted by Gasteiger charge is -2.38. The lowest BCUT2D eigenvalue weighted by molar-refractivity contribution is 0.0609. The summed E-state index contributed by atoms with van der Waals surface area (Å²) >= 11 is 5.02. The van der Waals surface area contributed by atoms with Gasteiger partial charge in [0.2, 0.25) is 0 Å². The van der Waals surface area contributed by atoms with Crippen molar-refractivity contribution < 1.29 is 9.53 Å². The van der Waals surface area contributed by atoms with Gasteiger partial charge in [-0.15, -0.1) is 11.3 Å². The number of methoxy groups -OCH3 is 1. The largest absolute Gasteiger partial charge is 0.494 e. The van der Waals surface area contributed by atoms with Gasteiger partial charge in [-0.2, -0.15) is 0 Å². The molecule has 1 aromatic rings. The highest BCUT2D eigenvalue weighted by Gasteiger charge is 2.39. The van der Waals surface area contributed by atoms with E-state index in [1.807, 2.05) is 11.8 Å². The van der Waals surface area contributed by atoms with Gasteiger partial charge in [-0.1, -0.05) is 0 Å². The maximum absolute atomic E-state index is 12.8. The molecule has 1 spiro atoms. The number of halogens is 1. The van der Waals surface area contributed by atoms with Gasteiger partial charge in [0.1, 0.15) is 4.88 Å². The first-order chi connectivity index (χ1) is 10.1. The van der Waals surface area contributed by atoms with E-state index in [2.05, 4.69) is 21.2 Å². The lowest BCUT2D eigenvalue weighted by atomic mass is 9.78. The number of thiophene rings is 1. The topological polar surface area (TPSA) is 41.6 Å². The highest BCUT2D eigenvalue weighted by molar-refractivity contribution is 9.10. The molecule has 0 aromatic carbocycles. The average Bonchev–Trinajstić information content (AvgIpc) is 3.05. The van der Waals surface area contributed by atoms with Crippen LogP contribution in [0.1, 0.15) is 33.8 Å². The summed E-state index contributed by atoms with van der Waals surface area (Å²) in [4.78, 5) is 16.6. The van der Waals surface area contributed by atoms with Gasteiger partial charge in [-0.05, 0) is 54.1 Å². The molecule has 2 fully saturated rings. The number of carbonyl (C=O) groups excluding carboxylic acids is 1. The first-order valence-corrected chi connectivity index (χ1v) is 9.00. The van der Waals surface area contributed by atoms with Crippen LogP contribution in [-0.4, -0.2) is 44.1 Å². The smallest absolute Gasteiger partial charge is 0.267 e. The first kappa shape index (κ1) is 15.3. The fourth-order valence-corrected chi connectivity index (χ4v) is 5.09. The molecule has 116 valence electrons. The number of carbonyl (C=O) groups is 1. The zero-order chi connectivity index (χ0) is 15.0. The molecule has 0 bridgehead atoms. The second kappa shape index (κ2) is 5.89. The molecule has 1 amide bonds. The maximum Gasteiger partial charge on any atom is 0.267 e. The van der Waals surface area contributed by atoms with Crippen LogP contribution in [0.3, 0.4) is 0 Å². The van der Waals surface area contributed by atoms with Crippen LogP contribution in [0.5, 0.6) is 5.75 Å². The molecule has 0 aliphatic carbocycles. The Hall–Kier alpha value is -0.590. The predicted octanol–water partition coefficient (Wildman–Crippen LogP) is 3.04. The number of ether oxygens (including phenoxy) is 1. The Balaban J connectivity index is 1.73. The minimum atomic E-state index is 0.117. The van der Waals surface area contributed by atoms with Crippen molar-refractivity contribution in [2.45, 2.75) is 26.2 Å². The first-order valence-electron chi connectivity index (χ1n) is 7.39. The van der Waals surface area contributed by atoms with Crippen LogP contribution in [0, 0.1) is 12.3 Å². The number of aryl methyl sites for hydroxylation is 1. The summed E-state index contributed by atoms with van der Waals surface area (Å²) in [5.41, 5.74) is 0.437. The zero-order valence-corrected chi connectivity index (χ0v) is 14.9. The minimum absolute atomic E-state index is 0.117. The summed E-state index contributed by atoms with van der Waals surface area (Å²) in [5, 5.41) is 3.46. The van der Waals surface area contributed by atoms with Gasteiger partial charge in [-0.25, -0.2) is 0 Å². The van der Waals surface area contributed by atoms with Gasteiger partial charge in [0, 0.05) is 24.5 Å². The van der Waals surface area contributed by atoms with Crippen molar-refractivity contribution in [3.63, 3.8) is 0 Å². The molecular formula is C15H21BrN2O2S. The quantitative estimate of drug-likeness (QED) is 0.867. The molecule has 6 heteroatoms. The van der Waals surface area contributed by atoms with Gasteiger partial charge in [0.25, 0.3) is 5.91 Å². The Morgan fingerprint density at radius 1 is 1.38 bits per heavy atom. The molecule has 0 saturated carbocycles. The van der Waals surface area contributed by atoms with E-state index >= 15 is 0 Å². The van der Waals surface area contributed by atoms with E-state index in [0.29, 0.717) is 11.2 Å². The van der Waals surface area contributed by atoms with E-state index in [1.165, 1.54) is 17.8 Å². The summed E-state index contributed by atoms with van der Waals surface area (Å²) in [5.74, 6) is 0.803. The molecule has 3 rings (SSSR count). The van der Waals surface area contributed by atoms with Crippen molar-refractivity contribution in [2.24, 2.45) is 5.41 Å². The highest BCUT2D eigenvalue weighted by Crippen LogP contribution is 2.41. The number of rotatable bonds is 2. The molecule has 2 aliphatic rings. The predicted molar refractivity (Wildman–Crippen MR) is 88.4 cm³/mol. The monoisotopic (exact) mass is 372 g/mol. The van der Waals surface area contributed by atoms with Crippen molar-refractivity contribution in [3.8, 4) is 5.75 Å². The Morgan fingerprint density at radius 2 is 2.10 bits per heavy atom. The van der Waals surface area contributed by atoms with Crippen molar-refractivity contribution >= 4 is 33.2 Å². The van der Waals surface area contributed by atoms with Gasteiger partial charge in [0.05, 0.1) is 11.6 Å². The zero-order valence-electron chi connectivity index (χ0n) is 12.5. The number of amides is 1. The third kappa shape index (κ3) is 2.73. The summed E-state index contributed by atoms with van der Waals surface area (Å²) in [7, 11) is 1.62. The van der Waals surface area contributed by atoms with Crippen LogP contribution in [0.25, 0.3) is 0 Å². The molecule has 3 heterocycles. The van der Waals surface area contributed by atoms with E-state index in [1.54, 1.807) is 7.11 Å². The second-order valence-corrected chi connectivity index (χ2v) is 8.07. The molecule has 1 aromatic heterocycles. The second-order valence-electron chi connectivity index (χ2n) is 6.05. The highest BCUT2D eigenvalue weighted by atomic mass is 79.9. The van der Waals surface area contributed by atoms with Crippen LogP contribution in [0.2, 0.25) is 0 Å². The summed E-state index contributed by atoms with van der Waals surface area (Å²) < 4.78 is 6.32. The van der Waals surface area contributed by atoms with E-state index in [4.69, 9.17) is 4.74 Å². The minimum Gasteiger partial charge on any atom is -0.494 e. The molecule has 4 nitrogen and oxygen atoms in total. The fourth-order valence-electron chi connectivity index (χ4n) is 3.38. The normalized spacial score (nSPS) is 21.0. The van der Waals surface area contributed by atoms with Crippen molar-refractivity contribution in [3.05, 3.63) is 14.2 Å². The van der Waals surface area contributed by atoms with Crippen LogP contribution < -0.4 is 10.1 Å². The lowest BCUT2D eigenvalue weighted by Crippen LogP contribution is -2.43. The Morgan fingerprint density at radius 3 is 2.67 bits per heavy atom. The fraction of sp³-hybridized carbons (Fsp3) is 0.667. The van der Waals surface area contributed by atoms with Gasteiger partial charge in [0.15, 0.2) is 5.75 Å². The van der Waals surface area contributed by atoms with Crippen LogP contribution in [-0.2, 0) is 0 Å². The van der Waals surface area contributed by atoms with E-state index in [0.717, 1.165) is 53.2 Å². The number of hydrogen-bond donors (Lipinski definition) is 1. The molecule has 0 unspecified atom stereocenters. The Bertz CT molecular complexity index is 542. The molecule has 21 heavy (non-hydrogen) atoms. The molecule has 0 radical (unpaired) electrons. The number of hydrogen-bond acceptors (Lipinski definition) is 4. The van der Waals surface area contributed by atoms with E-state index < -0.39 is 0 Å².